The Kier molecular flexibility index (Phi) is 6.78. The number of halogens is 1. The average molecular weight is 433 g/mol. The van der Waals surface area contributed by atoms with Gasteiger partial charge in [0, 0.05) is 17.2 Å². The molecule has 0 bridgehead atoms. The fourth-order valence-corrected chi connectivity index (χ4v) is 4.99. The molecule has 0 aliphatic carbocycles. The number of hydrogen-bond donors (Lipinski definition) is 0. The SMILES string of the molecule is N#Cc1ccc(C2CC(CS(=O)(=O)Cl)CCN2C(=O)OCc2ccccc2)cc1. The first-order valence-electron chi connectivity index (χ1n) is 9.25. The number of piperidine rings is 1. The number of rotatable bonds is 5. The summed E-state index contributed by atoms with van der Waals surface area (Å²) in [7, 11) is 1.82. The number of nitriles is 1. The highest BCUT2D eigenvalue weighted by Gasteiger charge is 2.35. The van der Waals surface area contributed by atoms with Crippen molar-refractivity contribution in [1.82, 2.24) is 4.90 Å². The molecule has 1 heterocycles. The van der Waals surface area contributed by atoms with Gasteiger partial charge in [0.2, 0.25) is 9.05 Å². The molecular weight excluding hydrogens is 412 g/mol. The van der Waals surface area contributed by atoms with Gasteiger partial charge >= 0.3 is 6.09 Å². The zero-order valence-corrected chi connectivity index (χ0v) is 17.3. The molecule has 1 amide bonds. The molecule has 1 aliphatic rings. The van der Waals surface area contributed by atoms with E-state index in [9.17, 15) is 13.2 Å². The van der Waals surface area contributed by atoms with Gasteiger partial charge in [-0.2, -0.15) is 5.26 Å². The first kappa shape index (κ1) is 21.2. The van der Waals surface area contributed by atoms with Crippen LogP contribution in [0.3, 0.4) is 0 Å². The van der Waals surface area contributed by atoms with Crippen LogP contribution in [0.5, 0.6) is 0 Å². The fourth-order valence-electron chi connectivity index (χ4n) is 3.59. The predicted molar refractivity (Wildman–Crippen MR) is 110 cm³/mol. The zero-order chi connectivity index (χ0) is 20.9. The van der Waals surface area contributed by atoms with Gasteiger partial charge in [-0.15, -0.1) is 0 Å². The van der Waals surface area contributed by atoms with E-state index in [-0.39, 0.29) is 24.3 Å². The van der Waals surface area contributed by atoms with E-state index >= 15 is 0 Å². The molecule has 0 aromatic heterocycles. The lowest BCUT2D eigenvalue weighted by atomic mass is 9.88. The third-order valence-electron chi connectivity index (χ3n) is 5.01. The number of amides is 1. The van der Waals surface area contributed by atoms with Crippen LogP contribution in [0.2, 0.25) is 0 Å². The van der Waals surface area contributed by atoms with E-state index in [2.05, 4.69) is 6.07 Å². The van der Waals surface area contributed by atoms with E-state index in [1.165, 1.54) is 0 Å². The summed E-state index contributed by atoms with van der Waals surface area (Å²) in [6, 6.07) is 18.1. The van der Waals surface area contributed by atoms with Crippen LogP contribution in [0.4, 0.5) is 4.79 Å². The van der Waals surface area contributed by atoms with E-state index in [0.29, 0.717) is 24.9 Å². The second kappa shape index (κ2) is 9.29. The Balaban J connectivity index is 1.77. The van der Waals surface area contributed by atoms with Crippen LogP contribution >= 0.6 is 10.7 Å². The van der Waals surface area contributed by atoms with Crippen molar-refractivity contribution >= 4 is 25.8 Å². The van der Waals surface area contributed by atoms with Gasteiger partial charge < -0.3 is 9.64 Å². The Bertz CT molecular complexity index is 988. The molecule has 1 aliphatic heterocycles. The van der Waals surface area contributed by atoms with Gasteiger partial charge in [-0.05, 0) is 42.0 Å². The van der Waals surface area contributed by atoms with Gasteiger partial charge in [-0.3, -0.25) is 0 Å². The average Bonchev–Trinajstić information content (AvgIpc) is 2.71. The molecule has 2 atom stereocenters. The fraction of sp³-hybridized carbons (Fsp3) is 0.333. The molecule has 8 heteroatoms. The molecule has 0 saturated carbocycles. The van der Waals surface area contributed by atoms with E-state index < -0.39 is 15.1 Å². The third kappa shape index (κ3) is 5.96. The van der Waals surface area contributed by atoms with Gasteiger partial charge in [0.1, 0.15) is 6.61 Å². The van der Waals surface area contributed by atoms with Crippen LogP contribution in [0.15, 0.2) is 54.6 Å². The minimum Gasteiger partial charge on any atom is -0.445 e. The van der Waals surface area contributed by atoms with Gasteiger partial charge in [0.05, 0.1) is 23.4 Å². The Morgan fingerprint density at radius 1 is 1.17 bits per heavy atom. The summed E-state index contributed by atoms with van der Waals surface area (Å²) in [6.07, 6.45) is 0.535. The van der Waals surface area contributed by atoms with Gasteiger partial charge in [0.25, 0.3) is 0 Å². The molecular formula is C21H21ClN2O4S. The minimum atomic E-state index is -3.63. The molecule has 29 heavy (non-hydrogen) atoms. The van der Waals surface area contributed by atoms with Crippen molar-refractivity contribution < 1.29 is 17.9 Å². The number of carbonyl (C=O) groups is 1. The van der Waals surface area contributed by atoms with Crippen molar-refractivity contribution in [3.8, 4) is 6.07 Å². The second-order valence-electron chi connectivity index (χ2n) is 7.08. The highest BCUT2D eigenvalue weighted by atomic mass is 35.7. The second-order valence-corrected chi connectivity index (χ2v) is 9.90. The lowest BCUT2D eigenvalue weighted by Gasteiger charge is -2.38. The van der Waals surface area contributed by atoms with Gasteiger partial charge in [-0.1, -0.05) is 42.5 Å². The Morgan fingerprint density at radius 2 is 1.86 bits per heavy atom. The monoisotopic (exact) mass is 432 g/mol. The maximum Gasteiger partial charge on any atom is 0.410 e. The summed E-state index contributed by atoms with van der Waals surface area (Å²) in [4.78, 5) is 14.4. The van der Waals surface area contributed by atoms with Crippen molar-refractivity contribution in [2.75, 3.05) is 12.3 Å². The smallest absolute Gasteiger partial charge is 0.410 e. The number of nitrogens with zero attached hydrogens (tertiary/aromatic N) is 2. The van der Waals surface area contributed by atoms with E-state index in [0.717, 1.165) is 11.1 Å². The van der Waals surface area contributed by atoms with E-state index in [4.69, 9.17) is 20.7 Å². The Labute approximate surface area is 175 Å². The molecule has 1 fully saturated rings. The van der Waals surface area contributed by atoms with Crippen molar-refractivity contribution in [2.45, 2.75) is 25.5 Å². The quantitative estimate of drug-likeness (QED) is 0.660. The van der Waals surface area contributed by atoms with Crippen molar-refractivity contribution in [1.29, 1.82) is 5.26 Å². The highest BCUT2D eigenvalue weighted by molar-refractivity contribution is 8.13. The third-order valence-corrected chi connectivity index (χ3v) is 6.26. The summed E-state index contributed by atoms with van der Waals surface area (Å²) in [5, 5.41) is 9.01. The first-order chi connectivity index (χ1) is 13.9. The molecule has 0 radical (unpaired) electrons. The van der Waals surface area contributed by atoms with Crippen molar-refractivity contribution in [3.05, 3.63) is 71.3 Å². The molecule has 3 rings (SSSR count). The Hall–Kier alpha value is -2.56. The van der Waals surface area contributed by atoms with Crippen molar-refractivity contribution in [2.24, 2.45) is 5.92 Å². The van der Waals surface area contributed by atoms with Crippen LogP contribution < -0.4 is 0 Å². The molecule has 2 aromatic rings. The molecule has 1 saturated heterocycles. The summed E-state index contributed by atoms with van der Waals surface area (Å²) in [6.45, 7) is 0.533. The Morgan fingerprint density at radius 3 is 2.48 bits per heavy atom. The summed E-state index contributed by atoms with van der Waals surface area (Å²) >= 11 is 0. The van der Waals surface area contributed by atoms with Crippen molar-refractivity contribution in [3.63, 3.8) is 0 Å². The summed E-state index contributed by atoms with van der Waals surface area (Å²) < 4.78 is 28.5. The first-order valence-corrected chi connectivity index (χ1v) is 11.7. The normalized spacial score (nSPS) is 19.4. The molecule has 0 spiro atoms. The molecule has 2 unspecified atom stereocenters. The molecule has 6 nitrogen and oxygen atoms in total. The lowest BCUT2D eigenvalue weighted by Crippen LogP contribution is -2.42. The van der Waals surface area contributed by atoms with Gasteiger partial charge in [-0.25, -0.2) is 13.2 Å². The minimum absolute atomic E-state index is 0.131. The largest absolute Gasteiger partial charge is 0.445 e. The standard InChI is InChI=1S/C21H21ClN2O4S/c22-29(26,27)15-18-10-11-24(21(25)28-14-17-4-2-1-3-5-17)20(12-18)19-8-6-16(13-23)7-9-19/h1-9,18,20H,10-12,14-15H2. The molecule has 2 aromatic carbocycles. The van der Waals surface area contributed by atoms with Gasteiger partial charge in [0.15, 0.2) is 0 Å². The number of ether oxygens (including phenoxy) is 1. The van der Waals surface area contributed by atoms with Crippen LogP contribution in [0, 0.1) is 17.2 Å². The zero-order valence-electron chi connectivity index (χ0n) is 15.7. The number of likely N-dealkylation sites (tertiary alicyclic amines) is 1. The number of hydrogen-bond acceptors (Lipinski definition) is 5. The van der Waals surface area contributed by atoms with Crippen LogP contribution in [-0.2, 0) is 20.4 Å². The number of carbonyl (C=O) groups excluding carboxylic acids is 1. The van der Waals surface area contributed by atoms with Crippen LogP contribution in [0.25, 0.3) is 0 Å². The van der Waals surface area contributed by atoms with Crippen LogP contribution in [0.1, 0.15) is 35.6 Å². The topological polar surface area (TPSA) is 87.5 Å². The molecule has 0 N–H and O–H groups in total. The number of benzene rings is 2. The summed E-state index contributed by atoms with van der Waals surface area (Å²) in [5.41, 5.74) is 2.24. The van der Waals surface area contributed by atoms with Crippen LogP contribution in [-0.4, -0.2) is 31.7 Å². The maximum absolute atomic E-state index is 12.8. The maximum atomic E-state index is 12.8. The lowest BCUT2D eigenvalue weighted by molar-refractivity contribution is 0.0591. The highest BCUT2D eigenvalue weighted by Crippen LogP contribution is 2.36. The molecule has 152 valence electrons. The summed E-state index contributed by atoms with van der Waals surface area (Å²) in [5.74, 6) is -0.287. The van der Waals surface area contributed by atoms with E-state index in [1.54, 1.807) is 29.2 Å². The predicted octanol–water partition coefficient (Wildman–Crippen LogP) is 4.22. The van der Waals surface area contributed by atoms with E-state index in [1.807, 2.05) is 30.3 Å².